The molecule has 170 valence electrons. The fourth-order valence-electron chi connectivity index (χ4n) is 3.80. The molecule has 0 radical (unpaired) electrons. The molecule has 3 aromatic rings. The first-order chi connectivity index (χ1) is 15.2. The molecule has 3 heterocycles. The van der Waals surface area contributed by atoms with Gasteiger partial charge in [-0.2, -0.15) is 4.31 Å². The number of carbonyl (C=O) groups excluding carboxylic acids is 1. The molecule has 4 rings (SSSR count). The minimum atomic E-state index is -3.93. The summed E-state index contributed by atoms with van der Waals surface area (Å²) in [5.74, 6) is -1.07. The number of piperidine rings is 1. The highest BCUT2D eigenvalue weighted by Crippen LogP contribution is 2.30. The van der Waals surface area contributed by atoms with Gasteiger partial charge in [0.1, 0.15) is 21.6 Å². The van der Waals surface area contributed by atoms with Crippen molar-refractivity contribution in [3.05, 3.63) is 58.8 Å². The number of rotatable bonds is 5. The van der Waals surface area contributed by atoms with E-state index in [2.05, 4.69) is 10.3 Å². The molecule has 0 aliphatic carbocycles. The van der Waals surface area contributed by atoms with Crippen LogP contribution in [0, 0.1) is 5.82 Å². The molecule has 0 spiro atoms. The largest absolute Gasteiger partial charge is 0.393 e. The summed E-state index contributed by atoms with van der Waals surface area (Å²) in [4.78, 5) is 16.8. The Hall–Kier alpha value is -2.53. The van der Waals surface area contributed by atoms with Gasteiger partial charge in [-0.1, -0.05) is 17.7 Å². The molecule has 2 aromatic heterocycles. The Morgan fingerprint density at radius 1 is 1.31 bits per heavy atom. The van der Waals surface area contributed by atoms with Crippen LogP contribution in [0.4, 0.5) is 4.39 Å². The Kier molecular flexibility index (Phi) is 6.22. The first-order valence-electron chi connectivity index (χ1n) is 10.0. The fourth-order valence-corrected chi connectivity index (χ4v) is 5.82. The average Bonchev–Trinajstić information content (AvgIpc) is 3.08. The second kappa shape index (κ2) is 8.78. The third-order valence-corrected chi connectivity index (χ3v) is 8.15. The van der Waals surface area contributed by atoms with Crippen LogP contribution in [0.3, 0.4) is 0 Å². The summed E-state index contributed by atoms with van der Waals surface area (Å²) in [6.45, 7) is 0.234. The zero-order valence-corrected chi connectivity index (χ0v) is 18.8. The lowest BCUT2D eigenvalue weighted by molar-refractivity contribution is 0.0942. The van der Waals surface area contributed by atoms with Crippen molar-refractivity contribution in [2.45, 2.75) is 30.4 Å². The van der Waals surface area contributed by atoms with E-state index in [0.717, 1.165) is 0 Å². The number of aliphatic hydroxyl groups excluding tert-OH is 1. The summed E-state index contributed by atoms with van der Waals surface area (Å²) in [6.07, 6.45) is 1.74. The van der Waals surface area contributed by atoms with E-state index < -0.39 is 27.9 Å². The van der Waals surface area contributed by atoms with E-state index >= 15 is 0 Å². The summed E-state index contributed by atoms with van der Waals surface area (Å²) in [6, 6.07) is 7.46. The summed E-state index contributed by atoms with van der Waals surface area (Å²) in [5, 5.41) is 12.8. The third-order valence-electron chi connectivity index (χ3n) is 5.67. The van der Waals surface area contributed by atoms with Crippen molar-refractivity contribution in [2.24, 2.45) is 7.05 Å². The number of hydrogen-bond acceptors (Lipinski definition) is 5. The molecule has 0 bridgehead atoms. The van der Waals surface area contributed by atoms with E-state index in [1.807, 2.05) is 0 Å². The Labute approximate surface area is 189 Å². The van der Waals surface area contributed by atoms with Gasteiger partial charge in [0.2, 0.25) is 10.0 Å². The van der Waals surface area contributed by atoms with Gasteiger partial charge < -0.3 is 15.0 Å². The second-order valence-corrected chi connectivity index (χ2v) is 9.92. The second-order valence-electron chi connectivity index (χ2n) is 7.66. The summed E-state index contributed by atoms with van der Waals surface area (Å²) in [7, 11) is -2.45. The Morgan fingerprint density at radius 3 is 2.75 bits per heavy atom. The van der Waals surface area contributed by atoms with Crippen molar-refractivity contribution in [1.29, 1.82) is 0 Å². The number of pyridine rings is 1. The van der Waals surface area contributed by atoms with Gasteiger partial charge in [0.15, 0.2) is 0 Å². The van der Waals surface area contributed by atoms with Crippen molar-refractivity contribution >= 4 is 38.4 Å². The van der Waals surface area contributed by atoms with Crippen molar-refractivity contribution in [3.8, 4) is 0 Å². The van der Waals surface area contributed by atoms with Gasteiger partial charge in [-0.25, -0.2) is 12.8 Å². The van der Waals surface area contributed by atoms with Gasteiger partial charge in [0, 0.05) is 43.8 Å². The number of aliphatic hydroxyl groups is 1. The SMILES string of the molecule is Cn1c(C(=O)NCc2c(F)ccc3ncccc23)cc(S(=O)(=O)N2CCC(O)CC2)c1Cl. The topological polar surface area (TPSA) is 105 Å². The summed E-state index contributed by atoms with van der Waals surface area (Å²) >= 11 is 6.27. The molecule has 1 saturated heterocycles. The van der Waals surface area contributed by atoms with Gasteiger partial charge >= 0.3 is 0 Å². The summed E-state index contributed by atoms with van der Waals surface area (Å²) < 4.78 is 43.0. The van der Waals surface area contributed by atoms with E-state index in [-0.39, 0.29) is 40.9 Å². The zero-order chi connectivity index (χ0) is 23.0. The van der Waals surface area contributed by atoms with Crippen molar-refractivity contribution in [2.75, 3.05) is 13.1 Å². The number of amides is 1. The van der Waals surface area contributed by atoms with Crippen LogP contribution >= 0.6 is 11.6 Å². The number of nitrogens with zero attached hydrogens (tertiary/aromatic N) is 3. The number of halogens is 2. The number of sulfonamides is 1. The van der Waals surface area contributed by atoms with Crippen molar-refractivity contribution in [3.63, 3.8) is 0 Å². The minimum Gasteiger partial charge on any atom is -0.393 e. The van der Waals surface area contributed by atoms with Crippen LogP contribution in [0.1, 0.15) is 28.9 Å². The molecule has 0 atom stereocenters. The normalized spacial score (nSPS) is 15.9. The van der Waals surface area contributed by atoms with Crippen LogP contribution in [-0.2, 0) is 23.6 Å². The zero-order valence-electron chi connectivity index (χ0n) is 17.3. The van der Waals surface area contributed by atoms with E-state index in [4.69, 9.17) is 11.6 Å². The highest BCUT2D eigenvalue weighted by Gasteiger charge is 2.33. The van der Waals surface area contributed by atoms with Gasteiger partial charge in [-0.3, -0.25) is 9.78 Å². The monoisotopic (exact) mass is 480 g/mol. The average molecular weight is 481 g/mol. The van der Waals surface area contributed by atoms with Gasteiger partial charge in [0.25, 0.3) is 5.91 Å². The lowest BCUT2D eigenvalue weighted by Gasteiger charge is -2.28. The number of aromatic nitrogens is 2. The number of hydrogen-bond donors (Lipinski definition) is 2. The molecule has 1 aliphatic heterocycles. The molecular weight excluding hydrogens is 459 g/mol. The smallest absolute Gasteiger partial charge is 0.268 e. The molecular formula is C21H22ClFN4O4S. The van der Waals surface area contributed by atoms with Crippen LogP contribution < -0.4 is 5.32 Å². The molecule has 2 N–H and O–H groups in total. The van der Waals surface area contributed by atoms with Crippen LogP contribution in [-0.4, -0.2) is 52.5 Å². The standard InChI is InChI=1S/C21H22ClFN4O4S/c1-26-18(11-19(20(26)22)32(30,31)27-9-6-13(28)7-10-27)21(29)25-12-15-14-3-2-8-24-17(14)5-4-16(15)23/h2-5,8,11,13,28H,6-7,9-10,12H2,1H3,(H,25,29). The van der Waals surface area contributed by atoms with Crippen molar-refractivity contribution < 1.29 is 22.7 Å². The van der Waals surface area contributed by atoms with Gasteiger partial charge in [0.05, 0.1) is 11.6 Å². The fraction of sp³-hybridized carbons (Fsp3) is 0.333. The molecule has 1 aromatic carbocycles. The number of carbonyl (C=O) groups is 1. The lowest BCUT2D eigenvalue weighted by Crippen LogP contribution is -2.40. The maximum Gasteiger partial charge on any atom is 0.268 e. The predicted molar refractivity (Wildman–Crippen MR) is 117 cm³/mol. The van der Waals surface area contributed by atoms with Gasteiger partial charge in [-0.05, 0) is 37.1 Å². The van der Waals surface area contributed by atoms with Crippen molar-refractivity contribution in [1.82, 2.24) is 19.2 Å². The highest BCUT2D eigenvalue weighted by atomic mass is 35.5. The molecule has 0 saturated carbocycles. The Balaban J connectivity index is 1.58. The maximum absolute atomic E-state index is 14.4. The maximum atomic E-state index is 14.4. The number of benzene rings is 1. The van der Waals surface area contributed by atoms with E-state index in [1.165, 1.54) is 28.1 Å². The van der Waals surface area contributed by atoms with E-state index in [1.54, 1.807) is 24.4 Å². The lowest BCUT2D eigenvalue weighted by atomic mass is 10.1. The van der Waals surface area contributed by atoms with Crippen LogP contribution in [0.25, 0.3) is 10.9 Å². The first kappa shape index (κ1) is 22.7. The van der Waals surface area contributed by atoms with Gasteiger partial charge in [-0.15, -0.1) is 0 Å². The first-order valence-corrected chi connectivity index (χ1v) is 11.9. The Morgan fingerprint density at radius 2 is 2.03 bits per heavy atom. The Bertz CT molecular complexity index is 1290. The van der Waals surface area contributed by atoms with E-state index in [0.29, 0.717) is 23.7 Å². The number of nitrogens with one attached hydrogen (secondary N) is 1. The third kappa shape index (κ3) is 4.11. The number of fused-ring (bicyclic) bond motifs is 1. The minimum absolute atomic E-state index is 0.0318. The molecule has 11 heteroatoms. The molecule has 32 heavy (non-hydrogen) atoms. The predicted octanol–water partition coefficient (Wildman–Crippen LogP) is 2.44. The molecule has 1 amide bonds. The van der Waals surface area contributed by atoms with E-state index in [9.17, 15) is 22.7 Å². The van der Waals surface area contributed by atoms with Crippen LogP contribution in [0.2, 0.25) is 5.15 Å². The van der Waals surface area contributed by atoms with Crippen LogP contribution in [0.5, 0.6) is 0 Å². The molecule has 1 aliphatic rings. The quantitative estimate of drug-likeness (QED) is 0.583. The highest BCUT2D eigenvalue weighted by molar-refractivity contribution is 7.89. The molecule has 1 fully saturated rings. The molecule has 0 unspecified atom stereocenters. The van der Waals surface area contributed by atoms with Crippen LogP contribution in [0.15, 0.2) is 41.4 Å². The summed E-state index contributed by atoms with van der Waals surface area (Å²) in [5.41, 5.74) is 0.911. The molecule has 8 nitrogen and oxygen atoms in total.